The van der Waals surface area contributed by atoms with Crippen LogP contribution >= 0.6 is 11.6 Å². The Balaban J connectivity index is 1.43. The van der Waals surface area contributed by atoms with Crippen LogP contribution in [-0.2, 0) is 6.18 Å². The maximum absolute atomic E-state index is 13.3. The van der Waals surface area contributed by atoms with Gasteiger partial charge in [0.1, 0.15) is 0 Å². The van der Waals surface area contributed by atoms with Crippen molar-refractivity contribution in [3.05, 3.63) is 70.4 Å². The summed E-state index contributed by atoms with van der Waals surface area (Å²) in [5, 5.41) is 4.56. The standard InChI is InChI=1S/C24H23ClF3N3O/c25-22-19(11-17(24(26,27)28)12-20(22)23(29)32)15-5-3-14(4-6-15)13-31-18-7-8-21-16(10-18)2-1-9-30-21/h1-2,7-12,14-15,31H,3-6,13H2,(H2,29,32). The molecule has 8 heteroatoms. The molecule has 0 atom stereocenters. The molecule has 1 aliphatic carbocycles. The first kappa shape index (κ1) is 22.4. The number of nitrogens with zero attached hydrogens (tertiary/aromatic N) is 1. The molecular weight excluding hydrogens is 439 g/mol. The summed E-state index contributed by atoms with van der Waals surface area (Å²) in [6.45, 7) is 0.779. The number of primary amides is 1. The molecule has 1 aromatic heterocycles. The highest BCUT2D eigenvalue weighted by atomic mass is 35.5. The van der Waals surface area contributed by atoms with Gasteiger partial charge < -0.3 is 11.1 Å². The Kier molecular flexibility index (Phi) is 6.29. The highest BCUT2D eigenvalue weighted by molar-refractivity contribution is 6.34. The molecule has 1 heterocycles. The number of carbonyl (C=O) groups excluding carboxylic acids is 1. The van der Waals surface area contributed by atoms with Crippen LogP contribution in [0.1, 0.15) is 53.1 Å². The van der Waals surface area contributed by atoms with E-state index in [0.717, 1.165) is 48.1 Å². The van der Waals surface area contributed by atoms with E-state index < -0.39 is 17.6 Å². The quantitative estimate of drug-likeness (QED) is 0.462. The van der Waals surface area contributed by atoms with Crippen LogP contribution in [0.25, 0.3) is 10.9 Å². The van der Waals surface area contributed by atoms with Gasteiger partial charge in [-0.2, -0.15) is 13.2 Å². The predicted molar refractivity (Wildman–Crippen MR) is 120 cm³/mol. The third-order valence-corrected chi connectivity index (χ3v) is 6.60. The molecule has 0 bridgehead atoms. The zero-order chi connectivity index (χ0) is 22.9. The Hall–Kier alpha value is -2.80. The molecule has 3 aromatic rings. The molecule has 4 rings (SSSR count). The molecule has 0 spiro atoms. The molecule has 1 saturated carbocycles. The molecule has 3 N–H and O–H groups in total. The predicted octanol–water partition coefficient (Wildman–Crippen LogP) is 6.39. The number of rotatable bonds is 5. The third kappa shape index (κ3) is 4.83. The second-order valence-electron chi connectivity index (χ2n) is 8.30. The van der Waals surface area contributed by atoms with Gasteiger partial charge in [-0.3, -0.25) is 9.78 Å². The van der Waals surface area contributed by atoms with Crippen molar-refractivity contribution < 1.29 is 18.0 Å². The third-order valence-electron chi connectivity index (χ3n) is 6.18. The van der Waals surface area contributed by atoms with Crippen LogP contribution in [0.2, 0.25) is 5.02 Å². The van der Waals surface area contributed by atoms with Gasteiger partial charge in [-0.1, -0.05) is 17.7 Å². The second kappa shape index (κ2) is 8.98. The Morgan fingerprint density at radius 3 is 2.56 bits per heavy atom. The zero-order valence-electron chi connectivity index (χ0n) is 17.3. The molecule has 0 unspecified atom stereocenters. The first-order chi connectivity index (χ1) is 15.2. The molecule has 1 amide bonds. The lowest BCUT2D eigenvalue weighted by Crippen LogP contribution is -2.22. The fourth-order valence-corrected chi connectivity index (χ4v) is 4.77. The van der Waals surface area contributed by atoms with E-state index in [1.165, 1.54) is 0 Å². The number of hydrogen-bond donors (Lipinski definition) is 2. The van der Waals surface area contributed by atoms with Crippen LogP contribution in [-0.4, -0.2) is 17.4 Å². The average molecular weight is 462 g/mol. The molecule has 4 nitrogen and oxygen atoms in total. The maximum atomic E-state index is 13.3. The minimum atomic E-state index is -4.57. The van der Waals surface area contributed by atoms with Crippen molar-refractivity contribution in [1.82, 2.24) is 4.98 Å². The molecule has 0 saturated heterocycles. The van der Waals surface area contributed by atoms with Gasteiger partial charge in [0.25, 0.3) is 0 Å². The van der Waals surface area contributed by atoms with Crippen molar-refractivity contribution in [3.8, 4) is 0 Å². The van der Waals surface area contributed by atoms with Crippen molar-refractivity contribution in [2.24, 2.45) is 11.7 Å². The number of amides is 1. The summed E-state index contributed by atoms with van der Waals surface area (Å²) in [5.41, 5.74) is 6.43. The van der Waals surface area contributed by atoms with E-state index in [-0.39, 0.29) is 16.5 Å². The van der Waals surface area contributed by atoms with E-state index in [9.17, 15) is 18.0 Å². The Morgan fingerprint density at radius 1 is 1.12 bits per heavy atom. The van der Waals surface area contributed by atoms with E-state index in [4.69, 9.17) is 17.3 Å². The molecule has 2 aromatic carbocycles. The highest BCUT2D eigenvalue weighted by Crippen LogP contribution is 2.42. The number of pyridine rings is 1. The largest absolute Gasteiger partial charge is 0.416 e. The van der Waals surface area contributed by atoms with Crippen LogP contribution in [0.5, 0.6) is 0 Å². The lowest BCUT2D eigenvalue weighted by Gasteiger charge is -2.30. The van der Waals surface area contributed by atoms with Crippen molar-refractivity contribution in [2.75, 3.05) is 11.9 Å². The van der Waals surface area contributed by atoms with Gasteiger partial charge in [0, 0.05) is 23.8 Å². The number of benzene rings is 2. The highest BCUT2D eigenvalue weighted by Gasteiger charge is 2.34. The summed E-state index contributed by atoms with van der Waals surface area (Å²) in [7, 11) is 0. The summed E-state index contributed by atoms with van der Waals surface area (Å²) in [6, 6.07) is 11.7. The molecular formula is C24H23ClF3N3O. The number of nitrogens with two attached hydrogens (primary N) is 1. The van der Waals surface area contributed by atoms with Gasteiger partial charge in [0.05, 0.1) is 21.7 Å². The molecule has 1 aliphatic rings. The number of hydrogen-bond acceptors (Lipinski definition) is 3. The smallest absolute Gasteiger partial charge is 0.385 e. The Morgan fingerprint density at radius 2 is 1.88 bits per heavy atom. The van der Waals surface area contributed by atoms with Gasteiger partial charge in [-0.15, -0.1) is 0 Å². The Bertz CT molecular complexity index is 1140. The van der Waals surface area contributed by atoms with E-state index >= 15 is 0 Å². The summed E-state index contributed by atoms with van der Waals surface area (Å²) in [5.74, 6) is -0.687. The fourth-order valence-electron chi connectivity index (χ4n) is 4.41. The number of fused-ring (bicyclic) bond motifs is 1. The van der Waals surface area contributed by atoms with Crippen LogP contribution in [0, 0.1) is 5.92 Å². The van der Waals surface area contributed by atoms with E-state index in [1.54, 1.807) is 6.20 Å². The molecule has 32 heavy (non-hydrogen) atoms. The number of carbonyl (C=O) groups is 1. The maximum Gasteiger partial charge on any atom is 0.416 e. The zero-order valence-corrected chi connectivity index (χ0v) is 18.0. The molecule has 1 fully saturated rings. The summed E-state index contributed by atoms with van der Waals surface area (Å²) in [6.07, 6.45) is 0.300. The van der Waals surface area contributed by atoms with E-state index in [1.807, 2.05) is 24.3 Å². The fraction of sp³-hybridized carbons (Fsp3) is 0.333. The normalized spacial score (nSPS) is 19.1. The number of alkyl halides is 3. The van der Waals surface area contributed by atoms with Crippen molar-refractivity contribution in [2.45, 2.75) is 37.8 Å². The van der Waals surface area contributed by atoms with Crippen LogP contribution in [0.3, 0.4) is 0 Å². The minimum absolute atomic E-state index is 0.0387. The SMILES string of the molecule is NC(=O)c1cc(C(F)(F)F)cc(C2CCC(CNc3ccc4ncccc4c3)CC2)c1Cl. The number of anilines is 1. The van der Waals surface area contributed by atoms with Gasteiger partial charge in [-0.25, -0.2) is 0 Å². The van der Waals surface area contributed by atoms with E-state index in [0.29, 0.717) is 24.3 Å². The van der Waals surface area contributed by atoms with Gasteiger partial charge in [-0.05, 0) is 79.5 Å². The second-order valence-corrected chi connectivity index (χ2v) is 8.68. The summed E-state index contributed by atoms with van der Waals surface area (Å²) < 4.78 is 40.0. The molecule has 168 valence electrons. The first-order valence-electron chi connectivity index (χ1n) is 10.5. The van der Waals surface area contributed by atoms with Gasteiger partial charge in [0.15, 0.2) is 0 Å². The topological polar surface area (TPSA) is 68.0 Å². The minimum Gasteiger partial charge on any atom is -0.385 e. The number of aromatic nitrogens is 1. The monoisotopic (exact) mass is 461 g/mol. The Labute approximate surface area is 189 Å². The van der Waals surface area contributed by atoms with Crippen molar-refractivity contribution >= 4 is 34.1 Å². The van der Waals surface area contributed by atoms with Gasteiger partial charge in [0.2, 0.25) is 5.91 Å². The average Bonchev–Trinajstić information content (AvgIpc) is 2.77. The number of halogens is 4. The van der Waals surface area contributed by atoms with Crippen molar-refractivity contribution in [3.63, 3.8) is 0 Å². The first-order valence-corrected chi connectivity index (χ1v) is 10.9. The lowest BCUT2D eigenvalue weighted by molar-refractivity contribution is -0.137. The van der Waals surface area contributed by atoms with Crippen LogP contribution in [0.15, 0.2) is 48.7 Å². The van der Waals surface area contributed by atoms with E-state index in [2.05, 4.69) is 16.4 Å². The summed E-state index contributed by atoms with van der Waals surface area (Å²) in [4.78, 5) is 16.0. The molecule has 0 aliphatic heterocycles. The van der Waals surface area contributed by atoms with Crippen molar-refractivity contribution in [1.29, 1.82) is 0 Å². The van der Waals surface area contributed by atoms with Crippen LogP contribution < -0.4 is 11.1 Å². The molecule has 0 radical (unpaired) electrons. The number of nitrogens with one attached hydrogen (secondary N) is 1. The van der Waals surface area contributed by atoms with Gasteiger partial charge >= 0.3 is 6.18 Å². The lowest BCUT2D eigenvalue weighted by atomic mass is 9.78. The van der Waals surface area contributed by atoms with Crippen LogP contribution in [0.4, 0.5) is 18.9 Å². The summed E-state index contributed by atoms with van der Waals surface area (Å²) >= 11 is 6.30.